The Labute approximate surface area is 116 Å². The van der Waals surface area contributed by atoms with Crippen molar-refractivity contribution in [3.8, 4) is 0 Å². The van der Waals surface area contributed by atoms with Crippen molar-refractivity contribution < 1.29 is 4.74 Å². The van der Waals surface area contributed by atoms with E-state index in [1.54, 1.807) is 0 Å². The van der Waals surface area contributed by atoms with E-state index in [0.29, 0.717) is 13.2 Å². The highest BCUT2D eigenvalue weighted by Gasteiger charge is 2.09. The van der Waals surface area contributed by atoms with Crippen molar-refractivity contribution in [1.29, 1.82) is 0 Å². The summed E-state index contributed by atoms with van der Waals surface area (Å²) in [5, 5.41) is 0. The van der Waals surface area contributed by atoms with Gasteiger partial charge in [0.25, 0.3) is 0 Å². The first-order chi connectivity index (χ1) is 9.40. The van der Waals surface area contributed by atoms with Crippen LogP contribution in [0, 0.1) is 0 Å². The minimum absolute atomic E-state index is 0.699. The van der Waals surface area contributed by atoms with Gasteiger partial charge < -0.3 is 15.4 Å². The molecule has 1 aromatic rings. The van der Waals surface area contributed by atoms with Crippen molar-refractivity contribution in [2.75, 3.05) is 32.8 Å². The summed E-state index contributed by atoms with van der Waals surface area (Å²) >= 11 is 0. The maximum Gasteiger partial charge on any atom is 0.0720 e. The number of nitrogens with two attached hydrogens (primary N) is 1. The lowest BCUT2D eigenvalue weighted by Gasteiger charge is -2.26. The van der Waals surface area contributed by atoms with Crippen LogP contribution < -0.4 is 5.73 Å². The fourth-order valence-corrected chi connectivity index (χ4v) is 2.66. The van der Waals surface area contributed by atoms with Crippen LogP contribution in [0.4, 0.5) is 0 Å². The normalized spacial score (nSPS) is 16.7. The number of hydrogen-bond donors (Lipinski definition) is 1. The standard InChI is InChI=1S/C16H26N2O/c17-9-8-15-6-2-3-7-16(15)14-19-13-12-18-10-4-1-5-11-18/h2-3,6-7H,1,4-5,8-14,17H2. The highest BCUT2D eigenvalue weighted by Crippen LogP contribution is 2.11. The zero-order valence-electron chi connectivity index (χ0n) is 11.8. The summed E-state index contributed by atoms with van der Waals surface area (Å²) in [6, 6.07) is 8.44. The van der Waals surface area contributed by atoms with E-state index in [1.807, 2.05) is 0 Å². The van der Waals surface area contributed by atoms with Crippen LogP contribution in [0.2, 0.25) is 0 Å². The van der Waals surface area contributed by atoms with E-state index < -0.39 is 0 Å². The third-order valence-corrected chi connectivity index (χ3v) is 3.79. The van der Waals surface area contributed by atoms with Gasteiger partial charge in [-0.1, -0.05) is 30.7 Å². The van der Waals surface area contributed by atoms with Crippen LogP contribution in [0.1, 0.15) is 30.4 Å². The van der Waals surface area contributed by atoms with Crippen molar-refractivity contribution in [2.24, 2.45) is 5.73 Å². The van der Waals surface area contributed by atoms with Crippen LogP contribution in [-0.4, -0.2) is 37.7 Å². The van der Waals surface area contributed by atoms with Gasteiger partial charge in [-0.15, -0.1) is 0 Å². The van der Waals surface area contributed by atoms with Gasteiger partial charge in [0.15, 0.2) is 0 Å². The van der Waals surface area contributed by atoms with Crippen molar-refractivity contribution in [1.82, 2.24) is 4.90 Å². The van der Waals surface area contributed by atoms with Gasteiger partial charge in [0.05, 0.1) is 13.2 Å². The van der Waals surface area contributed by atoms with Crippen molar-refractivity contribution in [2.45, 2.75) is 32.3 Å². The molecule has 1 saturated heterocycles. The molecule has 106 valence electrons. The maximum absolute atomic E-state index is 5.83. The first-order valence-corrected chi connectivity index (χ1v) is 7.47. The summed E-state index contributed by atoms with van der Waals surface area (Å²) in [6.07, 6.45) is 5.02. The fourth-order valence-electron chi connectivity index (χ4n) is 2.66. The molecule has 1 fully saturated rings. The van der Waals surface area contributed by atoms with Crippen LogP contribution in [0.5, 0.6) is 0 Å². The van der Waals surface area contributed by atoms with Gasteiger partial charge in [-0.05, 0) is 50.0 Å². The minimum Gasteiger partial charge on any atom is -0.375 e. The third-order valence-electron chi connectivity index (χ3n) is 3.79. The highest BCUT2D eigenvalue weighted by atomic mass is 16.5. The Bertz CT molecular complexity index is 362. The van der Waals surface area contributed by atoms with E-state index in [1.165, 1.54) is 43.5 Å². The number of likely N-dealkylation sites (tertiary alicyclic amines) is 1. The molecule has 1 heterocycles. The Balaban J connectivity index is 1.70. The minimum atomic E-state index is 0.699. The van der Waals surface area contributed by atoms with Crippen molar-refractivity contribution in [3.05, 3.63) is 35.4 Å². The Morgan fingerprint density at radius 2 is 1.79 bits per heavy atom. The van der Waals surface area contributed by atoms with E-state index in [-0.39, 0.29) is 0 Å². The number of benzene rings is 1. The maximum atomic E-state index is 5.83. The molecule has 0 radical (unpaired) electrons. The Morgan fingerprint density at radius 3 is 2.53 bits per heavy atom. The predicted octanol–water partition coefficient (Wildman–Crippen LogP) is 2.19. The smallest absolute Gasteiger partial charge is 0.0720 e. The predicted molar refractivity (Wildman–Crippen MR) is 79.1 cm³/mol. The average molecular weight is 262 g/mol. The van der Waals surface area contributed by atoms with Crippen LogP contribution >= 0.6 is 0 Å². The van der Waals surface area contributed by atoms with Gasteiger partial charge in [0.1, 0.15) is 0 Å². The van der Waals surface area contributed by atoms with Crippen LogP contribution in [-0.2, 0) is 17.8 Å². The largest absolute Gasteiger partial charge is 0.375 e. The zero-order chi connectivity index (χ0) is 13.3. The third kappa shape index (κ3) is 4.94. The number of nitrogens with zero attached hydrogens (tertiary/aromatic N) is 1. The molecule has 0 aromatic heterocycles. The van der Waals surface area contributed by atoms with E-state index in [2.05, 4.69) is 29.2 Å². The van der Waals surface area contributed by atoms with Gasteiger partial charge in [-0.25, -0.2) is 0 Å². The molecular formula is C16H26N2O. The number of piperidine rings is 1. The molecule has 0 saturated carbocycles. The zero-order valence-corrected chi connectivity index (χ0v) is 11.8. The molecule has 0 amide bonds. The summed E-state index contributed by atoms with van der Waals surface area (Å²) in [4.78, 5) is 2.51. The molecule has 3 heteroatoms. The number of ether oxygens (including phenoxy) is 1. The molecule has 0 spiro atoms. The van der Waals surface area contributed by atoms with Crippen molar-refractivity contribution >= 4 is 0 Å². The molecule has 1 aromatic carbocycles. The van der Waals surface area contributed by atoms with E-state index in [4.69, 9.17) is 10.5 Å². The Kier molecular flexibility index (Phi) is 6.34. The summed E-state index contributed by atoms with van der Waals surface area (Å²) in [7, 11) is 0. The van der Waals surface area contributed by atoms with Crippen LogP contribution in [0.25, 0.3) is 0 Å². The topological polar surface area (TPSA) is 38.5 Å². The molecule has 0 aliphatic carbocycles. The molecule has 1 aliphatic rings. The Hall–Kier alpha value is -0.900. The molecule has 0 unspecified atom stereocenters. The van der Waals surface area contributed by atoms with Crippen molar-refractivity contribution in [3.63, 3.8) is 0 Å². The van der Waals surface area contributed by atoms with Gasteiger partial charge in [0.2, 0.25) is 0 Å². The first-order valence-electron chi connectivity index (χ1n) is 7.47. The van der Waals surface area contributed by atoms with Crippen LogP contribution in [0.3, 0.4) is 0 Å². The number of rotatable bonds is 7. The van der Waals surface area contributed by atoms with Gasteiger partial charge in [0, 0.05) is 6.54 Å². The summed E-state index contributed by atoms with van der Waals surface area (Å²) in [6.45, 7) is 5.80. The second kappa shape index (κ2) is 8.31. The number of hydrogen-bond acceptors (Lipinski definition) is 3. The lowest BCUT2D eigenvalue weighted by molar-refractivity contribution is 0.0860. The van der Waals surface area contributed by atoms with Crippen LogP contribution in [0.15, 0.2) is 24.3 Å². The SMILES string of the molecule is NCCc1ccccc1COCCN1CCCCC1. The molecule has 3 nitrogen and oxygen atoms in total. The molecule has 1 aliphatic heterocycles. The second-order valence-electron chi connectivity index (χ2n) is 5.26. The van der Waals surface area contributed by atoms with E-state index >= 15 is 0 Å². The lowest BCUT2D eigenvalue weighted by Crippen LogP contribution is -2.32. The molecular weight excluding hydrogens is 236 g/mol. The summed E-state index contributed by atoms with van der Waals surface area (Å²) < 4.78 is 5.83. The van der Waals surface area contributed by atoms with Gasteiger partial charge >= 0.3 is 0 Å². The fraction of sp³-hybridized carbons (Fsp3) is 0.625. The Morgan fingerprint density at radius 1 is 1.05 bits per heavy atom. The monoisotopic (exact) mass is 262 g/mol. The first kappa shape index (κ1) is 14.5. The molecule has 19 heavy (non-hydrogen) atoms. The molecule has 0 bridgehead atoms. The molecule has 0 atom stereocenters. The van der Waals surface area contributed by atoms with E-state index in [0.717, 1.165) is 19.6 Å². The second-order valence-corrected chi connectivity index (χ2v) is 5.26. The highest BCUT2D eigenvalue weighted by molar-refractivity contribution is 5.26. The molecule has 2 N–H and O–H groups in total. The van der Waals surface area contributed by atoms with Gasteiger partial charge in [-0.3, -0.25) is 0 Å². The quantitative estimate of drug-likeness (QED) is 0.766. The lowest BCUT2D eigenvalue weighted by atomic mass is 10.1. The van der Waals surface area contributed by atoms with Gasteiger partial charge in [-0.2, -0.15) is 0 Å². The van der Waals surface area contributed by atoms with E-state index in [9.17, 15) is 0 Å². The summed E-state index contributed by atoms with van der Waals surface area (Å²) in [5.74, 6) is 0. The molecule has 2 rings (SSSR count). The average Bonchev–Trinajstić information content (AvgIpc) is 2.47. The summed E-state index contributed by atoms with van der Waals surface area (Å²) in [5.41, 5.74) is 8.24.